The van der Waals surface area contributed by atoms with Crippen molar-refractivity contribution < 1.29 is 9.90 Å². The Kier molecular flexibility index (Phi) is 3.49. The second-order valence-corrected chi connectivity index (χ2v) is 5.62. The van der Waals surface area contributed by atoms with Crippen molar-refractivity contribution in [3.63, 3.8) is 0 Å². The van der Waals surface area contributed by atoms with Gasteiger partial charge in [0.15, 0.2) is 0 Å². The number of pyridine rings is 1. The minimum Gasteiger partial charge on any atom is -0.388 e. The molecule has 1 aromatic heterocycles. The fourth-order valence-corrected chi connectivity index (χ4v) is 2.11. The number of aliphatic hydroxyl groups is 1. The van der Waals surface area contributed by atoms with Crippen molar-refractivity contribution in [3.05, 3.63) is 28.5 Å². The summed E-state index contributed by atoms with van der Waals surface area (Å²) in [5, 5.41) is 12.8. The molecule has 0 bridgehead atoms. The Hall–Kier alpha value is -0.940. The first kappa shape index (κ1) is 12.5. The molecule has 17 heavy (non-hydrogen) atoms. The van der Waals surface area contributed by atoms with Crippen molar-refractivity contribution in [1.29, 1.82) is 0 Å². The van der Waals surface area contributed by atoms with E-state index in [9.17, 15) is 9.90 Å². The van der Waals surface area contributed by atoms with Gasteiger partial charge < -0.3 is 10.4 Å². The van der Waals surface area contributed by atoms with E-state index in [2.05, 4.69) is 26.2 Å². The molecule has 92 valence electrons. The lowest BCUT2D eigenvalue weighted by Gasteiger charge is -2.23. The predicted octanol–water partition coefficient (Wildman–Crippen LogP) is 1.73. The summed E-state index contributed by atoms with van der Waals surface area (Å²) in [5.74, 6) is 0.114. The monoisotopic (exact) mass is 298 g/mol. The molecule has 1 aromatic rings. The highest BCUT2D eigenvalue weighted by atomic mass is 79.9. The van der Waals surface area contributed by atoms with Crippen molar-refractivity contribution in [2.45, 2.75) is 25.4 Å². The number of hydrogen-bond donors (Lipinski definition) is 2. The number of nitrogens with one attached hydrogen (secondary N) is 1. The molecule has 1 heterocycles. The summed E-state index contributed by atoms with van der Waals surface area (Å²) in [7, 11) is 0. The summed E-state index contributed by atoms with van der Waals surface area (Å²) in [4.78, 5) is 15.7. The van der Waals surface area contributed by atoms with Crippen LogP contribution in [0.15, 0.2) is 22.9 Å². The van der Waals surface area contributed by atoms with Gasteiger partial charge in [-0.25, -0.2) is 0 Å². The first-order valence-corrected chi connectivity index (χ1v) is 6.39. The molecule has 1 unspecified atom stereocenters. The maximum absolute atomic E-state index is 11.8. The molecule has 1 aliphatic rings. The van der Waals surface area contributed by atoms with Crippen LogP contribution in [-0.4, -0.2) is 28.1 Å². The predicted molar refractivity (Wildman–Crippen MR) is 67.6 cm³/mol. The Morgan fingerprint density at radius 2 is 2.35 bits per heavy atom. The van der Waals surface area contributed by atoms with Crippen LogP contribution in [0.1, 0.15) is 30.1 Å². The van der Waals surface area contributed by atoms with E-state index in [4.69, 9.17) is 0 Å². The van der Waals surface area contributed by atoms with Crippen molar-refractivity contribution in [2.24, 2.45) is 5.92 Å². The number of amides is 1. The molecular weight excluding hydrogens is 284 g/mol. The van der Waals surface area contributed by atoms with Crippen LogP contribution >= 0.6 is 15.9 Å². The van der Waals surface area contributed by atoms with Gasteiger partial charge in [0.2, 0.25) is 0 Å². The highest BCUT2D eigenvalue weighted by Gasteiger charge is 2.39. The second-order valence-electron chi connectivity index (χ2n) is 4.71. The zero-order valence-electron chi connectivity index (χ0n) is 9.61. The van der Waals surface area contributed by atoms with Gasteiger partial charge in [-0.1, -0.05) is 0 Å². The molecule has 0 spiro atoms. The van der Waals surface area contributed by atoms with Gasteiger partial charge in [0.25, 0.3) is 5.91 Å². The maximum atomic E-state index is 11.8. The van der Waals surface area contributed by atoms with Gasteiger partial charge in [0.05, 0.1) is 11.2 Å². The lowest BCUT2D eigenvalue weighted by Crippen LogP contribution is -2.42. The molecular formula is C12H15BrN2O2. The fraction of sp³-hybridized carbons (Fsp3) is 0.500. The normalized spacial score (nSPS) is 18.5. The molecule has 4 nitrogen and oxygen atoms in total. The Morgan fingerprint density at radius 3 is 2.94 bits per heavy atom. The van der Waals surface area contributed by atoms with Gasteiger partial charge in [-0.15, -0.1) is 0 Å². The minimum absolute atomic E-state index is 0.209. The summed E-state index contributed by atoms with van der Waals surface area (Å²) in [6.07, 6.45) is 5.21. The molecule has 1 saturated carbocycles. The third-order valence-corrected chi connectivity index (χ3v) is 3.46. The van der Waals surface area contributed by atoms with E-state index in [0.29, 0.717) is 11.5 Å². The highest BCUT2D eigenvalue weighted by Crippen LogP contribution is 2.39. The van der Waals surface area contributed by atoms with Crippen LogP contribution in [0, 0.1) is 5.92 Å². The summed E-state index contributed by atoms with van der Waals surface area (Å²) >= 11 is 3.26. The van der Waals surface area contributed by atoms with Gasteiger partial charge in [-0.05, 0) is 47.7 Å². The third kappa shape index (κ3) is 3.26. The van der Waals surface area contributed by atoms with Crippen LogP contribution in [0.2, 0.25) is 0 Å². The van der Waals surface area contributed by atoms with E-state index in [-0.39, 0.29) is 12.5 Å². The Morgan fingerprint density at radius 1 is 1.65 bits per heavy atom. The van der Waals surface area contributed by atoms with Crippen molar-refractivity contribution in [3.8, 4) is 0 Å². The van der Waals surface area contributed by atoms with E-state index in [1.807, 2.05) is 0 Å². The summed E-state index contributed by atoms with van der Waals surface area (Å²) < 4.78 is 0.763. The number of carbonyl (C=O) groups excluding carboxylic acids is 1. The van der Waals surface area contributed by atoms with E-state index in [1.165, 1.54) is 6.20 Å². The van der Waals surface area contributed by atoms with Gasteiger partial charge in [-0.3, -0.25) is 9.78 Å². The lowest BCUT2D eigenvalue weighted by molar-refractivity contribution is 0.0354. The molecule has 5 heteroatoms. The molecule has 1 fully saturated rings. The lowest BCUT2D eigenvalue weighted by atomic mass is 10.0. The Bertz CT molecular complexity index is 430. The Labute approximate surface area is 109 Å². The van der Waals surface area contributed by atoms with Gasteiger partial charge in [-0.2, -0.15) is 0 Å². The molecule has 2 N–H and O–H groups in total. The largest absolute Gasteiger partial charge is 0.388 e. The number of hydrogen-bond acceptors (Lipinski definition) is 3. The smallest absolute Gasteiger partial charge is 0.252 e. The second kappa shape index (κ2) is 4.74. The highest BCUT2D eigenvalue weighted by molar-refractivity contribution is 9.10. The fourth-order valence-electron chi connectivity index (χ4n) is 1.75. The molecule has 0 aliphatic heterocycles. The van der Waals surface area contributed by atoms with Crippen LogP contribution in [-0.2, 0) is 0 Å². The third-order valence-electron chi connectivity index (χ3n) is 3.03. The van der Waals surface area contributed by atoms with Crippen LogP contribution in [0.3, 0.4) is 0 Å². The SMILES string of the molecule is CC(O)(CNC(=O)c1cncc(Br)c1)C1CC1. The summed E-state index contributed by atoms with van der Waals surface area (Å²) in [5.41, 5.74) is -0.305. The van der Waals surface area contributed by atoms with Crippen LogP contribution < -0.4 is 5.32 Å². The number of halogens is 1. The van der Waals surface area contributed by atoms with Crippen LogP contribution in [0.25, 0.3) is 0 Å². The zero-order chi connectivity index (χ0) is 12.5. The average molecular weight is 299 g/mol. The van der Waals surface area contributed by atoms with Crippen molar-refractivity contribution >= 4 is 21.8 Å². The topological polar surface area (TPSA) is 62.2 Å². The molecule has 1 aliphatic carbocycles. The Balaban J connectivity index is 1.93. The molecule has 0 radical (unpaired) electrons. The molecule has 1 amide bonds. The van der Waals surface area contributed by atoms with Crippen molar-refractivity contribution in [2.75, 3.05) is 6.54 Å². The summed E-state index contributed by atoms with van der Waals surface area (Å²) in [6.45, 7) is 2.05. The summed E-state index contributed by atoms with van der Waals surface area (Å²) in [6, 6.07) is 1.70. The zero-order valence-corrected chi connectivity index (χ0v) is 11.2. The van der Waals surface area contributed by atoms with E-state index < -0.39 is 5.60 Å². The maximum Gasteiger partial charge on any atom is 0.252 e. The average Bonchev–Trinajstić information content (AvgIpc) is 3.10. The van der Waals surface area contributed by atoms with Crippen molar-refractivity contribution in [1.82, 2.24) is 10.3 Å². The first-order chi connectivity index (χ1) is 7.99. The minimum atomic E-state index is -0.797. The molecule has 1 atom stereocenters. The van der Waals surface area contributed by atoms with Crippen LogP contribution in [0.5, 0.6) is 0 Å². The quantitative estimate of drug-likeness (QED) is 0.890. The number of aromatic nitrogens is 1. The van der Waals surface area contributed by atoms with Gasteiger partial charge in [0.1, 0.15) is 0 Å². The number of carbonyl (C=O) groups is 1. The number of nitrogens with zero attached hydrogens (tertiary/aromatic N) is 1. The van der Waals surface area contributed by atoms with Crippen LogP contribution in [0.4, 0.5) is 0 Å². The van der Waals surface area contributed by atoms with E-state index in [1.54, 1.807) is 19.2 Å². The standard InChI is InChI=1S/C12H15BrN2O2/c1-12(17,9-2-3-9)7-15-11(16)8-4-10(13)6-14-5-8/h4-6,9,17H,2-3,7H2,1H3,(H,15,16). The van der Waals surface area contributed by atoms with E-state index in [0.717, 1.165) is 17.3 Å². The van der Waals surface area contributed by atoms with E-state index >= 15 is 0 Å². The molecule has 0 aromatic carbocycles. The molecule has 0 saturated heterocycles. The van der Waals surface area contributed by atoms with Gasteiger partial charge >= 0.3 is 0 Å². The molecule has 2 rings (SSSR count). The number of rotatable bonds is 4. The van der Waals surface area contributed by atoms with Gasteiger partial charge in [0, 0.05) is 23.4 Å². The first-order valence-electron chi connectivity index (χ1n) is 5.60.